The molecule has 1 N–H and O–H groups in total. The van der Waals surface area contributed by atoms with Crippen molar-refractivity contribution < 1.29 is 18.6 Å². The van der Waals surface area contributed by atoms with Gasteiger partial charge in [-0.25, -0.2) is 8.78 Å². The quantitative estimate of drug-likeness (QED) is 0.833. The summed E-state index contributed by atoms with van der Waals surface area (Å²) in [6, 6.07) is 3.27. The maximum atomic E-state index is 13.3. The van der Waals surface area contributed by atoms with Gasteiger partial charge in [0.1, 0.15) is 11.6 Å². The molecule has 1 aromatic rings. The molecule has 0 bridgehead atoms. The SMILES string of the molecule is COCC(C)CC(O)Cc1cc(F)ccc1F. The summed E-state index contributed by atoms with van der Waals surface area (Å²) in [6.45, 7) is 2.48. The normalized spacial score (nSPS) is 14.6. The van der Waals surface area contributed by atoms with Crippen LogP contribution in [0.25, 0.3) is 0 Å². The van der Waals surface area contributed by atoms with Crippen molar-refractivity contribution in [3.63, 3.8) is 0 Å². The summed E-state index contributed by atoms with van der Waals surface area (Å²) in [5.74, 6) is -0.782. The van der Waals surface area contributed by atoms with Crippen LogP contribution in [-0.2, 0) is 11.2 Å². The molecule has 1 rings (SSSR count). The molecule has 0 heterocycles. The van der Waals surface area contributed by atoms with Gasteiger partial charge in [0.15, 0.2) is 0 Å². The van der Waals surface area contributed by atoms with E-state index >= 15 is 0 Å². The molecule has 0 aromatic heterocycles. The summed E-state index contributed by atoms with van der Waals surface area (Å²) >= 11 is 0. The summed E-state index contributed by atoms with van der Waals surface area (Å²) < 4.78 is 31.2. The highest BCUT2D eigenvalue weighted by molar-refractivity contribution is 5.19. The van der Waals surface area contributed by atoms with Crippen molar-refractivity contribution in [1.29, 1.82) is 0 Å². The second-order valence-electron chi connectivity index (χ2n) is 4.39. The van der Waals surface area contributed by atoms with Crippen LogP contribution in [0.4, 0.5) is 8.78 Å². The second kappa shape index (κ2) is 6.67. The highest BCUT2D eigenvalue weighted by Crippen LogP contribution is 2.15. The Bertz CT molecular complexity index is 355. The third kappa shape index (κ3) is 4.79. The van der Waals surface area contributed by atoms with Gasteiger partial charge in [-0.3, -0.25) is 0 Å². The minimum atomic E-state index is -0.684. The van der Waals surface area contributed by atoms with Crippen LogP contribution in [0.3, 0.4) is 0 Å². The first-order chi connectivity index (χ1) is 8.02. The number of aliphatic hydroxyl groups is 1. The zero-order chi connectivity index (χ0) is 12.8. The molecule has 2 unspecified atom stereocenters. The van der Waals surface area contributed by atoms with Crippen LogP contribution in [0.15, 0.2) is 18.2 Å². The fourth-order valence-corrected chi connectivity index (χ4v) is 1.85. The van der Waals surface area contributed by atoms with E-state index < -0.39 is 17.7 Å². The lowest BCUT2D eigenvalue weighted by molar-refractivity contribution is 0.101. The van der Waals surface area contributed by atoms with Gasteiger partial charge in [0.2, 0.25) is 0 Å². The zero-order valence-electron chi connectivity index (χ0n) is 10.1. The van der Waals surface area contributed by atoms with E-state index in [0.717, 1.165) is 18.2 Å². The van der Waals surface area contributed by atoms with E-state index in [-0.39, 0.29) is 17.9 Å². The van der Waals surface area contributed by atoms with Crippen molar-refractivity contribution in [1.82, 2.24) is 0 Å². The van der Waals surface area contributed by atoms with E-state index in [2.05, 4.69) is 0 Å². The summed E-state index contributed by atoms with van der Waals surface area (Å²) in [7, 11) is 1.59. The van der Waals surface area contributed by atoms with Gasteiger partial charge in [-0.15, -0.1) is 0 Å². The molecule has 0 aliphatic heterocycles. The van der Waals surface area contributed by atoms with E-state index in [1.807, 2.05) is 6.92 Å². The summed E-state index contributed by atoms with van der Waals surface area (Å²) in [6.07, 6.45) is -0.0574. The van der Waals surface area contributed by atoms with Crippen LogP contribution in [0.1, 0.15) is 18.9 Å². The summed E-state index contributed by atoms with van der Waals surface area (Å²) in [4.78, 5) is 0. The standard InChI is InChI=1S/C13H18F2O2/c1-9(8-17-2)5-12(16)7-10-6-11(14)3-4-13(10)15/h3-4,6,9,12,16H,5,7-8H2,1-2H3. The molecule has 0 aliphatic rings. The van der Waals surface area contributed by atoms with E-state index in [1.165, 1.54) is 0 Å². The molecular formula is C13H18F2O2. The molecule has 1 aromatic carbocycles. The molecule has 0 saturated heterocycles. The molecule has 96 valence electrons. The Kier molecular flexibility index (Phi) is 5.51. The molecule has 0 radical (unpaired) electrons. The highest BCUT2D eigenvalue weighted by Gasteiger charge is 2.13. The van der Waals surface area contributed by atoms with Crippen LogP contribution >= 0.6 is 0 Å². The van der Waals surface area contributed by atoms with Crippen molar-refractivity contribution in [2.24, 2.45) is 5.92 Å². The lowest BCUT2D eigenvalue weighted by Gasteiger charge is -2.16. The van der Waals surface area contributed by atoms with Gasteiger partial charge in [0, 0.05) is 20.1 Å². The van der Waals surface area contributed by atoms with Gasteiger partial charge in [-0.05, 0) is 36.1 Å². The average molecular weight is 244 g/mol. The summed E-state index contributed by atoms with van der Waals surface area (Å²) in [5.41, 5.74) is 0.210. The van der Waals surface area contributed by atoms with Crippen molar-refractivity contribution in [3.05, 3.63) is 35.4 Å². The molecule has 2 atom stereocenters. The van der Waals surface area contributed by atoms with Crippen LogP contribution in [0.2, 0.25) is 0 Å². The van der Waals surface area contributed by atoms with Gasteiger partial charge >= 0.3 is 0 Å². The average Bonchev–Trinajstić information content (AvgIpc) is 2.23. The number of methoxy groups -OCH3 is 1. The smallest absolute Gasteiger partial charge is 0.126 e. The van der Waals surface area contributed by atoms with E-state index in [0.29, 0.717) is 13.0 Å². The number of halogens is 2. The highest BCUT2D eigenvalue weighted by atomic mass is 19.1. The van der Waals surface area contributed by atoms with Gasteiger partial charge in [0.05, 0.1) is 6.10 Å². The first-order valence-electron chi connectivity index (χ1n) is 5.64. The van der Waals surface area contributed by atoms with E-state index in [1.54, 1.807) is 7.11 Å². The Morgan fingerprint density at radius 1 is 1.35 bits per heavy atom. The maximum Gasteiger partial charge on any atom is 0.126 e. The van der Waals surface area contributed by atoms with Gasteiger partial charge in [-0.2, -0.15) is 0 Å². The van der Waals surface area contributed by atoms with Crippen molar-refractivity contribution in [2.45, 2.75) is 25.9 Å². The maximum absolute atomic E-state index is 13.3. The first-order valence-corrected chi connectivity index (χ1v) is 5.64. The molecule has 0 spiro atoms. The monoisotopic (exact) mass is 244 g/mol. The number of aliphatic hydroxyl groups excluding tert-OH is 1. The lowest BCUT2D eigenvalue weighted by Crippen LogP contribution is -2.18. The number of benzene rings is 1. The Morgan fingerprint density at radius 3 is 2.71 bits per heavy atom. The number of hydrogen-bond donors (Lipinski definition) is 1. The van der Waals surface area contributed by atoms with Crippen molar-refractivity contribution in [2.75, 3.05) is 13.7 Å². The minimum absolute atomic E-state index is 0.123. The van der Waals surface area contributed by atoms with E-state index in [4.69, 9.17) is 4.74 Å². The topological polar surface area (TPSA) is 29.5 Å². The largest absolute Gasteiger partial charge is 0.393 e. The first kappa shape index (κ1) is 14.1. The number of ether oxygens (including phenoxy) is 1. The van der Waals surface area contributed by atoms with E-state index in [9.17, 15) is 13.9 Å². The fourth-order valence-electron chi connectivity index (χ4n) is 1.85. The predicted molar refractivity (Wildman–Crippen MR) is 61.7 cm³/mol. The molecule has 0 fully saturated rings. The molecule has 17 heavy (non-hydrogen) atoms. The van der Waals surface area contributed by atoms with Crippen LogP contribution in [-0.4, -0.2) is 24.9 Å². The molecule has 4 heteroatoms. The van der Waals surface area contributed by atoms with Crippen molar-refractivity contribution >= 4 is 0 Å². The molecule has 0 amide bonds. The molecular weight excluding hydrogens is 226 g/mol. The zero-order valence-corrected chi connectivity index (χ0v) is 10.1. The third-order valence-electron chi connectivity index (χ3n) is 2.59. The Hall–Kier alpha value is -1.00. The molecule has 0 aliphatic carbocycles. The van der Waals surface area contributed by atoms with Crippen LogP contribution in [0.5, 0.6) is 0 Å². The van der Waals surface area contributed by atoms with Gasteiger partial charge < -0.3 is 9.84 Å². The Labute approximate surface area is 100 Å². The Morgan fingerprint density at radius 2 is 2.06 bits per heavy atom. The van der Waals surface area contributed by atoms with Crippen LogP contribution < -0.4 is 0 Å². The third-order valence-corrected chi connectivity index (χ3v) is 2.59. The van der Waals surface area contributed by atoms with Gasteiger partial charge in [-0.1, -0.05) is 6.92 Å². The minimum Gasteiger partial charge on any atom is -0.393 e. The Balaban J connectivity index is 2.55. The molecule has 2 nitrogen and oxygen atoms in total. The second-order valence-corrected chi connectivity index (χ2v) is 4.39. The molecule has 0 saturated carbocycles. The fraction of sp³-hybridized carbons (Fsp3) is 0.538. The number of rotatable bonds is 6. The van der Waals surface area contributed by atoms with Crippen molar-refractivity contribution in [3.8, 4) is 0 Å². The number of hydrogen-bond acceptors (Lipinski definition) is 2. The summed E-state index contributed by atoms with van der Waals surface area (Å²) in [5, 5.41) is 9.77. The lowest BCUT2D eigenvalue weighted by atomic mass is 9.98. The predicted octanol–water partition coefficient (Wildman–Crippen LogP) is 2.54. The van der Waals surface area contributed by atoms with Gasteiger partial charge in [0.25, 0.3) is 0 Å². The van der Waals surface area contributed by atoms with Crippen LogP contribution in [0, 0.1) is 17.6 Å².